The first-order valence-corrected chi connectivity index (χ1v) is 6.89. The van der Waals surface area contributed by atoms with Gasteiger partial charge >= 0.3 is 5.97 Å². The van der Waals surface area contributed by atoms with Gasteiger partial charge in [-0.2, -0.15) is 0 Å². The van der Waals surface area contributed by atoms with Crippen LogP contribution in [0, 0.1) is 0 Å². The third-order valence-corrected chi connectivity index (χ3v) is 3.48. The van der Waals surface area contributed by atoms with E-state index in [9.17, 15) is 9.59 Å². The Labute approximate surface area is 118 Å². The number of carbonyl (C=O) groups excluding carboxylic acids is 1. The molecule has 1 heterocycles. The molecule has 0 bridgehead atoms. The number of carbonyl (C=O) groups is 2. The third-order valence-electron chi connectivity index (χ3n) is 2.99. The van der Waals surface area contributed by atoms with Crippen molar-refractivity contribution in [3.05, 3.63) is 34.4 Å². The van der Waals surface area contributed by atoms with Crippen LogP contribution in [0.3, 0.4) is 0 Å². The van der Waals surface area contributed by atoms with Crippen molar-refractivity contribution in [2.45, 2.75) is 25.7 Å². The lowest BCUT2D eigenvalue weighted by molar-refractivity contribution is -0.137. The van der Waals surface area contributed by atoms with Crippen LogP contribution >= 0.6 is 15.9 Å². The summed E-state index contributed by atoms with van der Waals surface area (Å²) in [6.07, 6.45) is 3.37. The zero-order chi connectivity index (χ0) is 13.8. The maximum absolute atomic E-state index is 12.1. The van der Waals surface area contributed by atoms with Gasteiger partial charge in [0.15, 0.2) is 5.78 Å². The van der Waals surface area contributed by atoms with Crippen molar-refractivity contribution in [1.82, 2.24) is 4.98 Å². The van der Waals surface area contributed by atoms with E-state index in [1.165, 1.54) is 0 Å². The van der Waals surface area contributed by atoms with Gasteiger partial charge < -0.3 is 10.1 Å². The Bertz CT molecular complexity index is 618. The van der Waals surface area contributed by atoms with E-state index in [1.807, 2.05) is 18.2 Å². The van der Waals surface area contributed by atoms with Gasteiger partial charge in [-0.05, 0) is 25.0 Å². The summed E-state index contributed by atoms with van der Waals surface area (Å²) in [5.41, 5.74) is 1.60. The molecular formula is C14H14BrNO3. The first kappa shape index (κ1) is 13.8. The van der Waals surface area contributed by atoms with Gasteiger partial charge in [0.1, 0.15) is 0 Å². The van der Waals surface area contributed by atoms with Crippen LogP contribution in [0.25, 0.3) is 10.9 Å². The number of fused-ring (bicyclic) bond motifs is 1. The minimum atomic E-state index is -0.815. The molecule has 0 saturated heterocycles. The molecule has 0 amide bonds. The van der Waals surface area contributed by atoms with Crippen molar-refractivity contribution < 1.29 is 14.7 Å². The Morgan fingerprint density at radius 2 is 1.95 bits per heavy atom. The molecule has 2 N–H and O–H groups in total. The fourth-order valence-corrected chi connectivity index (χ4v) is 2.39. The summed E-state index contributed by atoms with van der Waals surface area (Å²) in [6.45, 7) is 0. The molecule has 0 atom stereocenters. The quantitative estimate of drug-likeness (QED) is 0.628. The zero-order valence-electron chi connectivity index (χ0n) is 10.3. The SMILES string of the molecule is O=C(O)CCCCC(=O)c1c[nH]c2cc(Br)ccc12. The summed E-state index contributed by atoms with van der Waals surface area (Å²) < 4.78 is 0.960. The van der Waals surface area contributed by atoms with Crippen LogP contribution in [0.5, 0.6) is 0 Å². The largest absolute Gasteiger partial charge is 0.481 e. The summed E-state index contributed by atoms with van der Waals surface area (Å²) in [6, 6.07) is 5.73. The van der Waals surface area contributed by atoms with Crippen molar-refractivity contribution in [3.63, 3.8) is 0 Å². The van der Waals surface area contributed by atoms with Crippen molar-refractivity contribution in [3.8, 4) is 0 Å². The molecule has 1 aromatic carbocycles. The fraction of sp³-hybridized carbons (Fsp3) is 0.286. The van der Waals surface area contributed by atoms with Gasteiger partial charge in [0.05, 0.1) is 0 Å². The lowest BCUT2D eigenvalue weighted by Crippen LogP contribution is -1.99. The number of halogens is 1. The monoisotopic (exact) mass is 323 g/mol. The molecule has 19 heavy (non-hydrogen) atoms. The average molecular weight is 324 g/mol. The highest BCUT2D eigenvalue weighted by Crippen LogP contribution is 2.23. The number of aromatic amines is 1. The lowest BCUT2D eigenvalue weighted by atomic mass is 10.0. The highest BCUT2D eigenvalue weighted by Gasteiger charge is 2.12. The lowest BCUT2D eigenvalue weighted by Gasteiger charge is -1.99. The Morgan fingerprint density at radius 3 is 2.68 bits per heavy atom. The van der Waals surface area contributed by atoms with Crippen molar-refractivity contribution >= 4 is 38.6 Å². The topological polar surface area (TPSA) is 70.2 Å². The minimum Gasteiger partial charge on any atom is -0.481 e. The Balaban J connectivity index is 2.03. The van der Waals surface area contributed by atoms with Gasteiger partial charge in [-0.25, -0.2) is 0 Å². The highest BCUT2D eigenvalue weighted by atomic mass is 79.9. The molecule has 4 nitrogen and oxygen atoms in total. The number of hydrogen-bond acceptors (Lipinski definition) is 2. The maximum Gasteiger partial charge on any atom is 0.303 e. The average Bonchev–Trinajstić information content (AvgIpc) is 2.77. The van der Waals surface area contributed by atoms with Crippen LogP contribution in [0.15, 0.2) is 28.9 Å². The summed E-state index contributed by atoms with van der Waals surface area (Å²) in [7, 11) is 0. The maximum atomic E-state index is 12.1. The van der Waals surface area contributed by atoms with E-state index >= 15 is 0 Å². The molecule has 0 radical (unpaired) electrons. The smallest absolute Gasteiger partial charge is 0.303 e. The number of carboxylic acid groups (broad SMARTS) is 1. The summed E-state index contributed by atoms with van der Waals surface area (Å²) in [4.78, 5) is 25.5. The number of rotatable bonds is 6. The van der Waals surface area contributed by atoms with E-state index in [1.54, 1.807) is 6.20 Å². The number of ketones is 1. The summed E-state index contributed by atoms with van der Waals surface area (Å²) in [5, 5.41) is 9.44. The van der Waals surface area contributed by atoms with Crippen LogP contribution in [0.4, 0.5) is 0 Å². The number of benzene rings is 1. The Kier molecular flexibility index (Phi) is 4.37. The molecular weight excluding hydrogens is 310 g/mol. The molecule has 0 saturated carbocycles. The van der Waals surface area contributed by atoms with Gasteiger partial charge in [0.2, 0.25) is 0 Å². The van der Waals surface area contributed by atoms with E-state index in [0.717, 1.165) is 15.4 Å². The molecule has 0 aliphatic carbocycles. The van der Waals surface area contributed by atoms with E-state index in [4.69, 9.17) is 5.11 Å². The highest BCUT2D eigenvalue weighted by molar-refractivity contribution is 9.10. The summed E-state index contributed by atoms with van der Waals surface area (Å²) >= 11 is 3.38. The molecule has 0 aliphatic rings. The molecule has 100 valence electrons. The molecule has 0 fully saturated rings. The number of aromatic nitrogens is 1. The van der Waals surface area contributed by atoms with Crippen LogP contribution < -0.4 is 0 Å². The normalized spacial score (nSPS) is 10.8. The van der Waals surface area contributed by atoms with Gasteiger partial charge in [-0.3, -0.25) is 9.59 Å². The molecule has 2 aromatic rings. The molecule has 5 heteroatoms. The minimum absolute atomic E-state index is 0.0546. The second-order valence-electron chi connectivity index (χ2n) is 4.42. The van der Waals surface area contributed by atoms with Gasteiger partial charge in [0, 0.05) is 40.0 Å². The van der Waals surface area contributed by atoms with Crippen LogP contribution in [-0.4, -0.2) is 21.8 Å². The number of H-pyrrole nitrogens is 1. The van der Waals surface area contributed by atoms with E-state index in [-0.39, 0.29) is 12.2 Å². The van der Waals surface area contributed by atoms with Crippen LogP contribution in [0.2, 0.25) is 0 Å². The number of unbranched alkanes of at least 4 members (excludes halogenated alkanes) is 1. The Morgan fingerprint density at radius 1 is 1.21 bits per heavy atom. The molecule has 0 unspecified atom stereocenters. The number of hydrogen-bond donors (Lipinski definition) is 2. The third kappa shape index (κ3) is 3.44. The second-order valence-corrected chi connectivity index (χ2v) is 5.33. The fourth-order valence-electron chi connectivity index (χ4n) is 2.03. The van der Waals surface area contributed by atoms with Crippen LogP contribution in [0.1, 0.15) is 36.0 Å². The van der Waals surface area contributed by atoms with Crippen molar-refractivity contribution in [2.75, 3.05) is 0 Å². The van der Waals surface area contributed by atoms with Crippen LogP contribution in [-0.2, 0) is 4.79 Å². The predicted molar refractivity (Wildman–Crippen MR) is 76.4 cm³/mol. The van der Waals surface area contributed by atoms with Crippen molar-refractivity contribution in [1.29, 1.82) is 0 Å². The van der Waals surface area contributed by atoms with E-state index in [0.29, 0.717) is 24.8 Å². The first-order chi connectivity index (χ1) is 9.08. The van der Waals surface area contributed by atoms with Crippen molar-refractivity contribution in [2.24, 2.45) is 0 Å². The number of aliphatic carboxylic acids is 1. The molecule has 0 aliphatic heterocycles. The standard InChI is InChI=1S/C14H14BrNO3/c15-9-5-6-10-11(8-16-12(10)7-9)13(17)3-1-2-4-14(18)19/h5-8,16H,1-4H2,(H,18,19). The second kappa shape index (κ2) is 6.02. The predicted octanol–water partition coefficient (Wildman–Crippen LogP) is 3.76. The van der Waals surface area contributed by atoms with Gasteiger partial charge in [0.25, 0.3) is 0 Å². The molecule has 1 aromatic heterocycles. The summed E-state index contributed by atoms with van der Waals surface area (Å²) in [5.74, 6) is -0.761. The molecule has 0 spiro atoms. The zero-order valence-corrected chi connectivity index (χ0v) is 11.9. The Hall–Kier alpha value is -1.62. The first-order valence-electron chi connectivity index (χ1n) is 6.09. The number of nitrogens with one attached hydrogen (secondary N) is 1. The number of carboxylic acids is 1. The van der Waals surface area contributed by atoms with Gasteiger partial charge in [-0.1, -0.05) is 22.0 Å². The van der Waals surface area contributed by atoms with Gasteiger partial charge in [-0.15, -0.1) is 0 Å². The van der Waals surface area contributed by atoms with E-state index in [2.05, 4.69) is 20.9 Å². The number of Topliss-reactive ketones (excluding diaryl/α,β-unsaturated/α-hetero) is 1. The molecule has 2 rings (SSSR count). The van der Waals surface area contributed by atoms with E-state index < -0.39 is 5.97 Å².